The molecule has 2 aromatic rings. The number of hydrogen-bond acceptors (Lipinski definition) is 2. The molecular formula is C26H36N2. The highest BCUT2D eigenvalue weighted by molar-refractivity contribution is 5.85. The smallest absolute Gasteiger partial charge is 0.0863 e. The first-order valence-corrected chi connectivity index (χ1v) is 10.7. The van der Waals surface area contributed by atoms with Gasteiger partial charge >= 0.3 is 0 Å². The maximum absolute atomic E-state index is 4.93. The van der Waals surface area contributed by atoms with Gasteiger partial charge in [-0.15, -0.1) is 0 Å². The summed E-state index contributed by atoms with van der Waals surface area (Å²) in [6, 6.07) is 15.5. The Bertz CT molecular complexity index is 796. The van der Waals surface area contributed by atoms with Gasteiger partial charge in [-0.25, -0.2) is 0 Å². The molecule has 1 heterocycles. The standard InChI is InChI=1S/C26H36N2/c1-25(2,3)21-16-20(17-22(18-21)26(4,5)6)19-27-23-12-8-9-13-24(23)28-14-10-7-11-15-28/h8-9,12-13,16-19H,7,10-11,14-15H2,1-6H3/b27-19+. The molecule has 150 valence electrons. The van der Waals surface area contributed by atoms with E-state index in [1.54, 1.807) is 0 Å². The summed E-state index contributed by atoms with van der Waals surface area (Å²) in [7, 11) is 0. The molecule has 0 aliphatic carbocycles. The number of para-hydroxylation sites is 2. The number of hydrogen-bond donors (Lipinski definition) is 0. The summed E-state index contributed by atoms with van der Waals surface area (Å²) in [5.41, 5.74) is 6.50. The molecule has 3 rings (SSSR count). The van der Waals surface area contributed by atoms with Gasteiger partial charge in [0, 0.05) is 19.3 Å². The summed E-state index contributed by atoms with van der Waals surface area (Å²) >= 11 is 0. The lowest BCUT2D eigenvalue weighted by atomic mass is 9.79. The second kappa shape index (κ2) is 8.11. The Morgan fingerprint density at radius 3 is 1.93 bits per heavy atom. The molecule has 0 amide bonds. The minimum atomic E-state index is 0.121. The molecular weight excluding hydrogens is 340 g/mol. The summed E-state index contributed by atoms with van der Waals surface area (Å²) in [5.74, 6) is 0. The zero-order valence-corrected chi connectivity index (χ0v) is 18.5. The van der Waals surface area contributed by atoms with Crippen LogP contribution >= 0.6 is 0 Å². The van der Waals surface area contributed by atoms with E-state index in [1.807, 2.05) is 6.21 Å². The number of rotatable bonds is 3. The molecule has 0 radical (unpaired) electrons. The lowest BCUT2D eigenvalue weighted by molar-refractivity contribution is 0.568. The quantitative estimate of drug-likeness (QED) is 0.525. The van der Waals surface area contributed by atoms with Crippen molar-refractivity contribution in [2.24, 2.45) is 4.99 Å². The summed E-state index contributed by atoms with van der Waals surface area (Å²) in [6.07, 6.45) is 5.95. The fraction of sp³-hybridized carbons (Fsp3) is 0.500. The molecule has 0 unspecified atom stereocenters. The second-order valence-electron chi connectivity index (χ2n) is 10.1. The molecule has 0 N–H and O–H groups in total. The van der Waals surface area contributed by atoms with Crippen molar-refractivity contribution in [1.29, 1.82) is 0 Å². The van der Waals surface area contributed by atoms with Crippen LogP contribution in [0.5, 0.6) is 0 Å². The maximum atomic E-state index is 4.93. The minimum Gasteiger partial charge on any atom is -0.370 e. The van der Waals surface area contributed by atoms with Gasteiger partial charge in [-0.3, -0.25) is 4.99 Å². The SMILES string of the molecule is CC(C)(C)c1cc(/C=N/c2ccccc2N2CCCCC2)cc(C(C)(C)C)c1. The molecule has 2 nitrogen and oxygen atoms in total. The molecule has 2 aromatic carbocycles. The van der Waals surface area contributed by atoms with Crippen molar-refractivity contribution >= 4 is 17.6 Å². The lowest BCUT2D eigenvalue weighted by Gasteiger charge is -2.29. The first-order chi connectivity index (χ1) is 13.1. The third kappa shape index (κ3) is 5.04. The Kier molecular flexibility index (Phi) is 5.98. The Hall–Kier alpha value is -2.09. The van der Waals surface area contributed by atoms with Gasteiger partial charge in [0.25, 0.3) is 0 Å². The number of benzene rings is 2. The molecule has 0 bridgehead atoms. The highest BCUT2D eigenvalue weighted by Gasteiger charge is 2.20. The molecule has 28 heavy (non-hydrogen) atoms. The van der Waals surface area contributed by atoms with Crippen LogP contribution in [0.15, 0.2) is 47.5 Å². The summed E-state index contributed by atoms with van der Waals surface area (Å²) < 4.78 is 0. The van der Waals surface area contributed by atoms with Gasteiger partial charge < -0.3 is 4.90 Å². The Morgan fingerprint density at radius 2 is 1.36 bits per heavy atom. The van der Waals surface area contributed by atoms with E-state index in [0.29, 0.717) is 0 Å². The molecule has 1 aliphatic heterocycles. The molecule has 2 heteroatoms. The lowest BCUT2D eigenvalue weighted by Crippen LogP contribution is -2.29. The number of piperidine rings is 1. The van der Waals surface area contributed by atoms with Gasteiger partial charge in [0.15, 0.2) is 0 Å². The molecule has 1 aliphatic rings. The molecule has 0 saturated carbocycles. The van der Waals surface area contributed by atoms with E-state index in [0.717, 1.165) is 18.8 Å². The Morgan fingerprint density at radius 1 is 0.786 bits per heavy atom. The van der Waals surface area contributed by atoms with Crippen molar-refractivity contribution in [3.63, 3.8) is 0 Å². The van der Waals surface area contributed by atoms with E-state index < -0.39 is 0 Å². The molecule has 1 saturated heterocycles. The van der Waals surface area contributed by atoms with Crippen LogP contribution < -0.4 is 4.90 Å². The van der Waals surface area contributed by atoms with Crippen molar-refractivity contribution in [2.75, 3.05) is 18.0 Å². The zero-order chi connectivity index (χ0) is 20.4. The van der Waals surface area contributed by atoms with Crippen molar-refractivity contribution in [3.05, 3.63) is 59.2 Å². The average Bonchev–Trinajstić information content (AvgIpc) is 2.66. The van der Waals surface area contributed by atoms with Crippen molar-refractivity contribution < 1.29 is 0 Å². The predicted octanol–water partition coefficient (Wildman–Crippen LogP) is 7.02. The highest BCUT2D eigenvalue weighted by Crippen LogP contribution is 2.32. The topological polar surface area (TPSA) is 15.6 Å². The predicted molar refractivity (Wildman–Crippen MR) is 124 cm³/mol. The summed E-state index contributed by atoms with van der Waals surface area (Å²) in [6.45, 7) is 16.0. The van der Waals surface area contributed by atoms with Crippen molar-refractivity contribution in [1.82, 2.24) is 0 Å². The van der Waals surface area contributed by atoms with Crippen LogP contribution in [0.1, 0.15) is 77.5 Å². The van der Waals surface area contributed by atoms with Crippen LogP contribution in [-0.2, 0) is 10.8 Å². The third-order valence-electron chi connectivity index (χ3n) is 5.62. The van der Waals surface area contributed by atoms with E-state index in [4.69, 9.17) is 4.99 Å². The average molecular weight is 377 g/mol. The van der Waals surface area contributed by atoms with E-state index in [-0.39, 0.29) is 10.8 Å². The van der Waals surface area contributed by atoms with Gasteiger partial charge in [0.1, 0.15) is 0 Å². The zero-order valence-electron chi connectivity index (χ0n) is 18.5. The van der Waals surface area contributed by atoms with Crippen molar-refractivity contribution in [2.45, 2.75) is 71.6 Å². The largest absolute Gasteiger partial charge is 0.370 e. The number of nitrogens with zero attached hydrogens (tertiary/aromatic N) is 2. The van der Waals surface area contributed by atoms with Crippen LogP contribution in [0.4, 0.5) is 11.4 Å². The number of aliphatic imine (C=N–C) groups is 1. The maximum Gasteiger partial charge on any atom is 0.0863 e. The first-order valence-electron chi connectivity index (χ1n) is 10.7. The summed E-state index contributed by atoms with van der Waals surface area (Å²) in [4.78, 5) is 7.42. The van der Waals surface area contributed by atoms with Gasteiger partial charge in [0.2, 0.25) is 0 Å². The first kappa shape index (κ1) is 20.6. The van der Waals surface area contributed by atoms with Gasteiger partial charge in [-0.1, -0.05) is 59.7 Å². The van der Waals surface area contributed by atoms with Crippen LogP contribution in [-0.4, -0.2) is 19.3 Å². The normalized spacial score (nSPS) is 16.0. The van der Waals surface area contributed by atoms with Gasteiger partial charge in [0.05, 0.1) is 11.4 Å². The van der Waals surface area contributed by atoms with Gasteiger partial charge in [-0.2, -0.15) is 0 Å². The highest BCUT2D eigenvalue weighted by atomic mass is 15.1. The van der Waals surface area contributed by atoms with E-state index in [9.17, 15) is 0 Å². The molecule has 0 spiro atoms. The fourth-order valence-electron chi connectivity index (χ4n) is 3.71. The monoisotopic (exact) mass is 376 g/mol. The van der Waals surface area contributed by atoms with Gasteiger partial charge in [-0.05, 0) is 71.0 Å². The van der Waals surface area contributed by atoms with Crippen LogP contribution in [0.3, 0.4) is 0 Å². The summed E-state index contributed by atoms with van der Waals surface area (Å²) in [5, 5.41) is 0. The fourth-order valence-corrected chi connectivity index (χ4v) is 3.71. The van der Waals surface area contributed by atoms with E-state index >= 15 is 0 Å². The molecule has 0 aromatic heterocycles. The van der Waals surface area contributed by atoms with E-state index in [1.165, 1.54) is 41.6 Å². The van der Waals surface area contributed by atoms with Crippen LogP contribution in [0.25, 0.3) is 0 Å². The van der Waals surface area contributed by atoms with Crippen molar-refractivity contribution in [3.8, 4) is 0 Å². The van der Waals surface area contributed by atoms with Crippen LogP contribution in [0, 0.1) is 0 Å². The Labute approximate surface area is 171 Å². The van der Waals surface area contributed by atoms with E-state index in [2.05, 4.69) is 88.9 Å². The molecule has 0 atom stereocenters. The third-order valence-corrected chi connectivity index (χ3v) is 5.62. The Balaban J connectivity index is 1.96. The minimum absolute atomic E-state index is 0.121. The molecule has 1 fully saturated rings. The second-order valence-corrected chi connectivity index (χ2v) is 10.1. The van der Waals surface area contributed by atoms with Crippen LogP contribution in [0.2, 0.25) is 0 Å². The number of anilines is 1.